The minimum atomic E-state index is -3.93. The van der Waals surface area contributed by atoms with Crippen LogP contribution in [-0.2, 0) is 10.0 Å². The largest absolute Gasteiger partial charge is 0.280 e. The average Bonchev–Trinajstić information content (AvgIpc) is 2.74. The molecule has 3 rings (SSSR count). The predicted molar refractivity (Wildman–Crippen MR) is 115 cm³/mol. The first-order chi connectivity index (χ1) is 14.7. The second-order valence-electron chi connectivity index (χ2n) is 6.48. The molecule has 0 aliphatic rings. The van der Waals surface area contributed by atoms with Crippen molar-refractivity contribution in [3.05, 3.63) is 94.3 Å². The first-order valence-electron chi connectivity index (χ1n) is 8.91. The summed E-state index contributed by atoms with van der Waals surface area (Å²) < 4.78 is 40.6. The summed E-state index contributed by atoms with van der Waals surface area (Å²) in [4.78, 5) is 24.2. The van der Waals surface area contributed by atoms with Crippen molar-refractivity contribution >= 4 is 39.1 Å². The Morgan fingerprint density at radius 3 is 2.19 bits per heavy atom. The van der Waals surface area contributed by atoms with E-state index in [0.717, 1.165) is 12.1 Å². The van der Waals surface area contributed by atoms with Crippen molar-refractivity contribution < 1.29 is 22.4 Å². The van der Waals surface area contributed by atoms with Crippen LogP contribution in [0.5, 0.6) is 0 Å². The van der Waals surface area contributed by atoms with E-state index in [1.807, 2.05) is 0 Å². The number of hydrogen-bond acceptors (Lipinski definition) is 4. The van der Waals surface area contributed by atoms with Crippen LogP contribution in [0.3, 0.4) is 0 Å². The lowest BCUT2D eigenvalue weighted by molar-refractivity contribution is 0.0847. The highest BCUT2D eigenvalue weighted by molar-refractivity contribution is 7.92. The highest BCUT2D eigenvalue weighted by atomic mass is 35.5. The molecule has 2 amide bonds. The molecule has 0 saturated carbocycles. The zero-order valence-corrected chi connectivity index (χ0v) is 17.7. The fourth-order valence-corrected chi connectivity index (χ4v) is 3.95. The maximum Gasteiger partial charge on any atom is 0.271 e. The number of sulfonamides is 1. The number of hydrogen-bond donors (Lipinski definition) is 3. The molecule has 0 saturated heterocycles. The molecule has 160 valence electrons. The van der Waals surface area contributed by atoms with Crippen LogP contribution in [0.1, 0.15) is 26.3 Å². The van der Waals surface area contributed by atoms with E-state index in [4.69, 9.17) is 11.6 Å². The minimum absolute atomic E-state index is 0.0875. The maximum absolute atomic E-state index is 13.4. The summed E-state index contributed by atoms with van der Waals surface area (Å²) in [5, 5.41) is 0.238. The molecule has 31 heavy (non-hydrogen) atoms. The number of benzene rings is 3. The van der Waals surface area contributed by atoms with Crippen molar-refractivity contribution in [3.8, 4) is 0 Å². The molecule has 0 spiro atoms. The van der Waals surface area contributed by atoms with Crippen LogP contribution < -0.4 is 15.6 Å². The zero-order valence-electron chi connectivity index (χ0n) is 16.1. The molecule has 0 bridgehead atoms. The van der Waals surface area contributed by atoms with E-state index in [2.05, 4.69) is 15.6 Å². The lowest BCUT2D eigenvalue weighted by atomic mass is 10.2. The van der Waals surface area contributed by atoms with Gasteiger partial charge in [-0.15, -0.1) is 0 Å². The molecule has 0 fully saturated rings. The summed E-state index contributed by atoms with van der Waals surface area (Å²) in [5.41, 5.74) is 5.30. The SMILES string of the molecule is Cc1cc(S(=O)(=O)Nc2ccc(C(=O)NNC(=O)c3ccccc3Cl)cc2)ccc1F. The van der Waals surface area contributed by atoms with Crippen molar-refractivity contribution in [2.24, 2.45) is 0 Å². The number of nitrogens with one attached hydrogen (secondary N) is 3. The second-order valence-corrected chi connectivity index (χ2v) is 8.57. The minimum Gasteiger partial charge on any atom is -0.280 e. The normalized spacial score (nSPS) is 10.9. The van der Waals surface area contributed by atoms with Crippen LogP contribution >= 0.6 is 11.6 Å². The number of carbonyl (C=O) groups is 2. The van der Waals surface area contributed by atoms with E-state index in [0.29, 0.717) is 0 Å². The van der Waals surface area contributed by atoms with Gasteiger partial charge in [-0.2, -0.15) is 0 Å². The predicted octanol–water partition coefficient (Wildman–Crippen LogP) is 3.66. The van der Waals surface area contributed by atoms with E-state index in [1.54, 1.807) is 18.2 Å². The van der Waals surface area contributed by atoms with Crippen molar-refractivity contribution in [1.29, 1.82) is 0 Å². The molecule has 10 heteroatoms. The van der Waals surface area contributed by atoms with Crippen LogP contribution in [0, 0.1) is 12.7 Å². The highest BCUT2D eigenvalue weighted by Gasteiger charge is 2.16. The molecule has 3 aromatic carbocycles. The molecule has 0 unspecified atom stereocenters. The molecule has 0 aliphatic carbocycles. The monoisotopic (exact) mass is 461 g/mol. The van der Waals surface area contributed by atoms with Gasteiger partial charge in [-0.1, -0.05) is 23.7 Å². The molecule has 3 N–H and O–H groups in total. The molecule has 0 atom stereocenters. The van der Waals surface area contributed by atoms with Crippen LogP contribution in [0.25, 0.3) is 0 Å². The quantitative estimate of drug-likeness (QED) is 0.504. The van der Waals surface area contributed by atoms with Gasteiger partial charge >= 0.3 is 0 Å². The number of carbonyl (C=O) groups excluding carboxylic acids is 2. The molecular weight excluding hydrogens is 445 g/mol. The molecule has 0 aromatic heterocycles. The van der Waals surface area contributed by atoms with Crippen LogP contribution in [0.2, 0.25) is 5.02 Å². The average molecular weight is 462 g/mol. The van der Waals surface area contributed by atoms with E-state index in [-0.39, 0.29) is 32.3 Å². The van der Waals surface area contributed by atoms with Crippen LogP contribution in [0.4, 0.5) is 10.1 Å². The number of halogens is 2. The molecule has 0 radical (unpaired) electrons. The first kappa shape index (κ1) is 22.3. The van der Waals surface area contributed by atoms with Gasteiger partial charge < -0.3 is 0 Å². The first-order valence-corrected chi connectivity index (χ1v) is 10.8. The lowest BCUT2D eigenvalue weighted by Gasteiger charge is -2.11. The third-order valence-electron chi connectivity index (χ3n) is 4.25. The zero-order chi connectivity index (χ0) is 22.6. The van der Waals surface area contributed by atoms with E-state index >= 15 is 0 Å². The lowest BCUT2D eigenvalue weighted by Crippen LogP contribution is -2.41. The van der Waals surface area contributed by atoms with E-state index in [9.17, 15) is 22.4 Å². The summed E-state index contributed by atoms with van der Waals surface area (Å²) in [5.74, 6) is -1.70. The van der Waals surface area contributed by atoms with Gasteiger partial charge in [0.25, 0.3) is 21.8 Å². The third-order valence-corrected chi connectivity index (χ3v) is 5.96. The Bertz CT molecular complexity index is 1250. The molecule has 0 heterocycles. The number of rotatable bonds is 5. The molecule has 0 aliphatic heterocycles. The van der Waals surface area contributed by atoms with Gasteiger partial charge in [0.1, 0.15) is 5.82 Å². The Labute approximate surface area is 183 Å². The summed E-state index contributed by atoms with van der Waals surface area (Å²) >= 11 is 5.93. The molecule has 3 aromatic rings. The second kappa shape index (κ2) is 9.15. The van der Waals surface area contributed by atoms with Crippen molar-refractivity contribution in [2.75, 3.05) is 4.72 Å². The van der Waals surface area contributed by atoms with Gasteiger partial charge in [-0.3, -0.25) is 25.2 Å². The summed E-state index contributed by atoms with van der Waals surface area (Å²) in [7, 11) is -3.93. The van der Waals surface area contributed by atoms with Gasteiger partial charge in [0.15, 0.2) is 0 Å². The van der Waals surface area contributed by atoms with E-state index in [1.165, 1.54) is 43.3 Å². The Hall–Kier alpha value is -3.43. The van der Waals surface area contributed by atoms with Gasteiger partial charge in [0.05, 0.1) is 15.5 Å². The molecular formula is C21H17ClFN3O4S. The van der Waals surface area contributed by atoms with E-state index < -0.39 is 27.7 Å². The third kappa shape index (κ3) is 5.39. The maximum atomic E-state index is 13.4. The fourth-order valence-electron chi connectivity index (χ4n) is 2.59. The Kier molecular flexibility index (Phi) is 6.57. The molecule has 7 nitrogen and oxygen atoms in total. The van der Waals surface area contributed by atoms with Crippen molar-refractivity contribution in [1.82, 2.24) is 10.9 Å². The number of amides is 2. The fraction of sp³-hybridized carbons (Fsp3) is 0.0476. The topological polar surface area (TPSA) is 104 Å². The van der Waals surface area contributed by atoms with Crippen molar-refractivity contribution in [3.63, 3.8) is 0 Å². The number of aryl methyl sites for hydroxylation is 1. The van der Waals surface area contributed by atoms with Gasteiger partial charge in [0, 0.05) is 11.3 Å². The summed E-state index contributed by atoms with van der Waals surface area (Å²) in [6.45, 7) is 1.46. The standard InChI is InChI=1S/C21H17ClFN3O4S/c1-13-12-16(10-11-19(13)23)31(29,30)26-15-8-6-14(7-9-15)20(27)24-25-21(28)17-4-2-3-5-18(17)22/h2-12,26H,1H3,(H,24,27)(H,25,28). The summed E-state index contributed by atoms with van der Waals surface area (Å²) in [6, 6.07) is 15.4. The van der Waals surface area contributed by atoms with Gasteiger partial charge in [0.2, 0.25) is 0 Å². The highest BCUT2D eigenvalue weighted by Crippen LogP contribution is 2.19. The Morgan fingerprint density at radius 2 is 1.55 bits per heavy atom. The summed E-state index contributed by atoms with van der Waals surface area (Å²) in [6.07, 6.45) is 0. The Morgan fingerprint density at radius 1 is 0.903 bits per heavy atom. The number of hydrazine groups is 1. The van der Waals surface area contributed by atoms with Gasteiger partial charge in [-0.25, -0.2) is 12.8 Å². The van der Waals surface area contributed by atoms with Crippen LogP contribution in [0.15, 0.2) is 71.6 Å². The van der Waals surface area contributed by atoms with Crippen molar-refractivity contribution in [2.45, 2.75) is 11.8 Å². The van der Waals surface area contributed by atoms with Gasteiger partial charge in [-0.05, 0) is 67.1 Å². The van der Waals surface area contributed by atoms with Crippen LogP contribution in [-0.4, -0.2) is 20.2 Å². The number of anilines is 1. The smallest absolute Gasteiger partial charge is 0.271 e. The Balaban J connectivity index is 1.64.